The van der Waals surface area contributed by atoms with Crippen molar-refractivity contribution in [2.75, 3.05) is 31.7 Å². The van der Waals surface area contributed by atoms with Gasteiger partial charge in [0.05, 0.1) is 25.2 Å². The van der Waals surface area contributed by atoms with Crippen LogP contribution in [-0.2, 0) is 41.3 Å². The van der Waals surface area contributed by atoms with E-state index < -0.39 is 5.97 Å². The molecule has 0 bridgehead atoms. The molecule has 2 heterocycles. The Morgan fingerprint density at radius 2 is 1.49 bits per heavy atom. The number of hydrogen-bond acceptors (Lipinski definition) is 7. The highest BCUT2D eigenvalue weighted by Gasteiger charge is 2.32. The second-order valence-corrected chi connectivity index (χ2v) is 25.2. The highest BCUT2D eigenvalue weighted by molar-refractivity contribution is 14.2. The number of carbonyl (C=O) groups excluding carboxylic acids is 2. The molecular weight excluding hydrogens is 1070 g/mol. The van der Waals surface area contributed by atoms with Crippen molar-refractivity contribution in [3.05, 3.63) is 72.1 Å². The smallest absolute Gasteiger partial charge is 0.352 e. The van der Waals surface area contributed by atoms with Crippen LogP contribution in [0.1, 0.15) is 65.9 Å². The number of aromatic nitrogens is 2. The highest BCUT2D eigenvalue weighted by atomic mass is 127. The van der Waals surface area contributed by atoms with Crippen LogP contribution in [0.3, 0.4) is 0 Å². The summed E-state index contributed by atoms with van der Waals surface area (Å²) in [5, 5.41) is 35.7. The summed E-state index contributed by atoms with van der Waals surface area (Å²) in [5.41, 5.74) is 2.72. The number of carbonyl (C=O) groups is 3. The van der Waals surface area contributed by atoms with E-state index in [-0.39, 0.29) is 52.0 Å². The Morgan fingerprint density at radius 3 is 2.07 bits per heavy atom. The summed E-state index contributed by atoms with van der Waals surface area (Å²) in [5.74, 6) is -1.62. The molecule has 12 nitrogen and oxygen atoms in total. The van der Waals surface area contributed by atoms with E-state index >= 15 is 0 Å². The zero-order chi connectivity index (χ0) is 41.6. The highest BCUT2D eigenvalue weighted by Crippen LogP contribution is 2.26. The van der Waals surface area contributed by atoms with E-state index in [1.54, 1.807) is 6.07 Å². The Hall–Kier alpha value is -1.46. The second-order valence-electron chi connectivity index (χ2n) is 12.2. The number of para-hydroxylation sites is 2. The lowest BCUT2D eigenvalue weighted by atomic mass is 9.83. The lowest BCUT2D eigenvalue weighted by Gasteiger charge is -2.31. The normalized spacial score (nSPS) is 16.8. The van der Waals surface area contributed by atoms with Crippen LogP contribution in [0.5, 0.6) is 0 Å². The fraction of sp³-hybridized carbons (Fsp3) is 0.444. The van der Waals surface area contributed by atoms with E-state index in [2.05, 4.69) is 69.0 Å². The van der Waals surface area contributed by atoms with Gasteiger partial charge in [0.25, 0.3) is 5.91 Å². The number of halogens is 3. The lowest BCUT2D eigenvalue weighted by molar-refractivity contribution is -0.126. The summed E-state index contributed by atoms with van der Waals surface area (Å²) in [7, 11) is 0.492. The molecule has 300 valence electrons. The van der Waals surface area contributed by atoms with Gasteiger partial charge in [-0.05, 0) is 56.4 Å². The number of aromatic carboxylic acids is 1. The molecule has 4 aromatic rings. The Labute approximate surface area is 366 Å². The average molecular weight is 1120 g/mol. The van der Waals surface area contributed by atoms with Crippen molar-refractivity contribution in [3.63, 3.8) is 0 Å². The molecule has 0 spiro atoms. The van der Waals surface area contributed by atoms with Crippen LogP contribution in [-0.4, -0.2) is 77.4 Å². The number of amides is 2. The quantitative estimate of drug-likeness (QED) is 0.0269. The average Bonchev–Trinajstić information content (AvgIpc) is 3.80. The summed E-state index contributed by atoms with van der Waals surface area (Å²) in [6.45, 7) is 2.47. The van der Waals surface area contributed by atoms with Gasteiger partial charge in [-0.2, -0.15) is 5.26 Å². The molecule has 1 aliphatic rings. The van der Waals surface area contributed by atoms with E-state index in [1.165, 1.54) is 0 Å². The van der Waals surface area contributed by atoms with Gasteiger partial charge < -0.3 is 38.3 Å². The van der Waals surface area contributed by atoms with Crippen molar-refractivity contribution in [2.45, 2.75) is 64.1 Å². The fourth-order valence-corrected chi connectivity index (χ4v) is 8.41. The van der Waals surface area contributed by atoms with Crippen LogP contribution in [0.4, 0.5) is 0 Å². The molecule has 55 heavy (non-hydrogen) atoms. The lowest BCUT2D eigenvalue weighted by Crippen LogP contribution is -2.48. The summed E-state index contributed by atoms with van der Waals surface area (Å²) in [6, 6.07) is 20.6. The Balaban J connectivity index is 0.000000261. The number of benzene rings is 2. The molecule has 0 aliphatic heterocycles. The van der Waals surface area contributed by atoms with Crippen LogP contribution in [0.15, 0.2) is 60.7 Å². The Morgan fingerprint density at radius 1 is 0.927 bits per heavy atom. The van der Waals surface area contributed by atoms with Gasteiger partial charge in [-0.3, -0.25) is 9.59 Å². The molecule has 2 amide bonds. The first-order valence-electron chi connectivity index (χ1n) is 18.4. The van der Waals surface area contributed by atoms with E-state index in [0.717, 1.165) is 65.8 Å². The summed E-state index contributed by atoms with van der Waals surface area (Å²) < 4.78 is 28.4. The first-order chi connectivity index (χ1) is 27.6. The summed E-state index contributed by atoms with van der Waals surface area (Å²) in [4.78, 5) is 36.8. The number of nitrogens with zero attached hydrogens (tertiary/aromatic N) is 3. The maximum atomic E-state index is 13.1. The van der Waals surface area contributed by atoms with Gasteiger partial charge in [0.1, 0.15) is 20.5 Å². The van der Waals surface area contributed by atoms with E-state index in [9.17, 15) is 24.6 Å². The molecule has 1 saturated carbocycles. The van der Waals surface area contributed by atoms with Crippen molar-refractivity contribution in [1.29, 1.82) is 7.82 Å². The Kier molecular flexibility index (Phi) is 21.5. The molecule has 5 rings (SSSR count). The molecule has 2 aromatic heterocycles. The summed E-state index contributed by atoms with van der Waals surface area (Å²) in [6.07, 6.45) is 5.65. The zero-order valence-corrected chi connectivity index (χ0v) is 39.3. The first kappa shape index (κ1) is 44.6. The molecule has 19 heteroatoms. The van der Waals surface area contributed by atoms with E-state index in [4.69, 9.17) is 16.2 Å². The third-order valence-electron chi connectivity index (χ3n) is 8.54. The number of nitrogens with one attached hydrogen (secondary N) is 2. The van der Waals surface area contributed by atoms with Crippen molar-refractivity contribution < 1.29 is 33.0 Å². The van der Waals surface area contributed by atoms with Gasteiger partial charge in [0.2, 0.25) is 5.91 Å². The molecule has 4 N–H and O–H groups in total. The minimum Gasteiger partial charge on any atom is -0.477 e. The van der Waals surface area contributed by atoms with Crippen molar-refractivity contribution in [2.24, 2.45) is 5.92 Å². The van der Waals surface area contributed by atoms with Crippen LogP contribution in [0, 0.1) is 17.2 Å². The van der Waals surface area contributed by atoms with Crippen molar-refractivity contribution in [3.8, 4) is 6.07 Å². The minimum absolute atomic E-state index is 0.0224. The van der Waals surface area contributed by atoms with Crippen LogP contribution >= 0.6 is 74.3 Å². The first-order valence-corrected chi connectivity index (χ1v) is 28.1. The number of aliphatic hydroxyl groups is 1. The summed E-state index contributed by atoms with van der Waals surface area (Å²) >= 11 is 7.52. The molecule has 2 unspecified atom stereocenters. The number of aryl methyl sites for hydroxylation is 2. The topological polar surface area (TPSA) is 168 Å². The molecule has 4 atom stereocenters. The van der Waals surface area contributed by atoms with Gasteiger partial charge >= 0.3 is 5.97 Å². The molecular formula is C36H46BrI2N5O7P2S2. The number of rotatable bonds is 17. The van der Waals surface area contributed by atoms with Crippen molar-refractivity contribution in [1.82, 2.24) is 19.8 Å². The van der Waals surface area contributed by atoms with E-state index in [1.807, 2.05) is 69.8 Å². The van der Waals surface area contributed by atoms with Crippen molar-refractivity contribution >= 4 is 129 Å². The molecule has 0 saturated heterocycles. The minimum atomic E-state index is -0.916. The van der Waals surface area contributed by atoms with Gasteiger partial charge in [-0.15, -0.1) is 0 Å². The number of aliphatic hydroxyl groups excluding tert-OH is 1. The van der Waals surface area contributed by atoms with Gasteiger partial charge in [0.15, 0.2) is 0 Å². The molecule has 0 radical (unpaired) electrons. The van der Waals surface area contributed by atoms with Crippen LogP contribution in [0.25, 0.3) is 21.8 Å². The van der Waals surface area contributed by atoms with Gasteiger partial charge in [-0.25, -0.2) is 4.79 Å². The largest absolute Gasteiger partial charge is 0.477 e. The molecule has 2 aromatic carbocycles. The number of fused-ring (bicyclic) bond motifs is 2. The zero-order valence-electron chi connectivity index (χ0n) is 31.9. The Bertz CT molecular complexity index is 2040. The maximum Gasteiger partial charge on any atom is 0.352 e. The van der Waals surface area contributed by atoms with Gasteiger partial charge in [-0.1, -0.05) is 81.1 Å². The SMILES string of the molecule is N#CCNC(=O)[C@@H]1CCCC[C@@H]1NC(=O)c1cc2ccccc2n1CCCO.[3H]P=S(I)OCCCBr.[3H]P=S(I)OCCCn1c(C(=O)O)cc2ccccc21. The predicted octanol–water partition coefficient (Wildman–Crippen LogP) is 8.37. The third kappa shape index (κ3) is 16.0. The molecule has 1 aliphatic carbocycles. The third-order valence-corrected chi connectivity index (χ3v) is 12.0. The maximum absolute atomic E-state index is 13.1. The predicted molar refractivity (Wildman–Crippen MR) is 249 cm³/mol. The van der Waals surface area contributed by atoms with Crippen LogP contribution < -0.4 is 10.6 Å². The number of alkyl halides is 1. The molecule has 1 fully saturated rings. The standard InChI is InChI=1S/C21H26N4O3.C12H13INO3PS.C3H7BrIOPS/c22-10-11-23-20(27)16-7-2-3-8-17(16)24-21(28)19-14-15-6-1-4-9-18(15)25(19)12-5-13-26;13-19(18)17-7-3-6-14-10-5-2-1-4-9(10)8-11(14)12(15)16;4-2-1-3-6-8(5)7/h1,4,6,9,14,16-17,26H,2-3,5,7-8,11-13H2,(H,23,27)(H,24,28);1-2,4-5,8,18H,3,6-7H2,(H,15,16);7H,1-3H2/t16-,17+;;/m1../s1/i;18T;7T. The number of carboxylic acids is 1. The van der Waals surface area contributed by atoms with E-state index in [0.29, 0.717) is 59.8 Å². The number of carboxylic acid groups (broad SMARTS) is 1. The van der Waals surface area contributed by atoms with Gasteiger partial charge in [0, 0.05) is 110 Å². The fourth-order valence-electron chi connectivity index (χ4n) is 6.15. The second kappa shape index (κ2) is 26.5. The number of nitriles is 1. The van der Waals surface area contributed by atoms with Crippen LogP contribution in [0.2, 0.25) is 0 Å². The monoisotopic (exact) mass is 1120 g/mol. The number of hydrogen-bond donors (Lipinski definition) is 4.